The lowest BCUT2D eigenvalue weighted by molar-refractivity contribution is 0.992. The normalized spacial score (nSPS) is 10.9. The fraction of sp³-hybridized carbons (Fsp3) is 0.105. The molecular weight excluding hydrogens is 312 g/mol. The molecule has 2 aromatic carbocycles. The number of hydrogen-bond acceptors (Lipinski definition) is 5. The molecule has 0 atom stereocenters. The number of H-pyrrole nitrogens is 1. The van der Waals surface area contributed by atoms with E-state index in [0.717, 1.165) is 28.0 Å². The van der Waals surface area contributed by atoms with E-state index in [2.05, 4.69) is 32.6 Å². The van der Waals surface area contributed by atoms with Crippen LogP contribution in [0.1, 0.15) is 17.1 Å². The number of nitrogen functional groups attached to an aromatic ring is 1. The number of aryl methyl sites for hydroxylation is 1. The molecule has 4 N–H and O–H groups in total. The van der Waals surface area contributed by atoms with Crippen LogP contribution in [-0.4, -0.2) is 20.2 Å². The first-order chi connectivity index (χ1) is 12.2. The van der Waals surface area contributed by atoms with Crippen LogP contribution in [0.5, 0.6) is 0 Å². The summed E-state index contributed by atoms with van der Waals surface area (Å²) in [6.45, 7) is 1.95. The van der Waals surface area contributed by atoms with Gasteiger partial charge in [0, 0.05) is 23.9 Å². The monoisotopic (exact) mass is 330 g/mol. The zero-order valence-electron chi connectivity index (χ0n) is 13.8. The fourth-order valence-corrected chi connectivity index (χ4v) is 2.81. The third-order valence-electron chi connectivity index (χ3n) is 3.96. The van der Waals surface area contributed by atoms with E-state index in [-0.39, 0.29) is 0 Å². The van der Waals surface area contributed by atoms with E-state index in [9.17, 15) is 0 Å². The van der Waals surface area contributed by atoms with Gasteiger partial charge in [-0.15, -0.1) is 0 Å². The number of aromatic amines is 1. The van der Waals surface area contributed by atoms with Crippen LogP contribution >= 0.6 is 0 Å². The molecule has 0 fully saturated rings. The number of hydrogen-bond donors (Lipinski definition) is 3. The Kier molecular flexibility index (Phi) is 3.78. The maximum absolute atomic E-state index is 6.17. The molecule has 0 saturated heterocycles. The summed E-state index contributed by atoms with van der Waals surface area (Å²) in [4.78, 5) is 9.38. The van der Waals surface area contributed by atoms with Gasteiger partial charge in [0.15, 0.2) is 5.82 Å². The molecule has 0 bridgehead atoms. The highest BCUT2D eigenvalue weighted by atomic mass is 15.2. The minimum absolute atomic E-state index is 0.638. The Balaban J connectivity index is 1.80. The zero-order chi connectivity index (χ0) is 17.2. The molecule has 6 heteroatoms. The zero-order valence-corrected chi connectivity index (χ0v) is 13.8. The minimum atomic E-state index is 0.638. The first kappa shape index (κ1) is 15.1. The number of fused-ring (bicyclic) bond motifs is 1. The van der Waals surface area contributed by atoms with E-state index in [4.69, 9.17) is 10.7 Å². The summed E-state index contributed by atoms with van der Waals surface area (Å²) in [7, 11) is 0. The average Bonchev–Trinajstić information content (AvgIpc) is 3.00. The van der Waals surface area contributed by atoms with Gasteiger partial charge in [-0.05, 0) is 24.6 Å². The molecule has 0 radical (unpaired) electrons. The van der Waals surface area contributed by atoms with Crippen LogP contribution in [0, 0.1) is 6.92 Å². The van der Waals surface area contributed by atoms with Crippen molar-refractivity contribution in [1.82, 2.24) is 20.2 Å². The molecule has 4 aromatic rings. The van der Waals surface area contributed by atoms with E-state index in [1.54, 1.807) is 0 Å². The lowest BCUT2D eigenvalue weighted by atomic mass is 10.1. The molecule has 4 rings (SSSR count). The van der Waals surface area contributed by atoms with Crippen LogP contribution in [0.2, 0.25) is 0 Å². The molecule has 0 aliphatic heterocycles. The Labute approximate surface area is 145 Å². The first-order valence-electron chi connectivity index (χ1n) is 8.07. The maximum Gasteiger partial charge on any atom is 0.153 e. The number of nitrogens with zero attached hydrogens (tertiary/aromatic N) is 3. The van der Waals surface area contributed by atoms with E-state index in [1.165, 1.54) is 0 Å². The molecule has 0 unspecified atom stereocenters. The first-order valence-corrected chi connectivity index (χ1v) is 8.07. The maximum atomic E-state index is 6.17. The molecule has 0 aliphatic rings. The highest BCUT2D eigenvalue weighted by Gasteiger charge is 2.12. The molecule has 2 aromatic heterocycles. The van der Waals surface area contributed by atoms with E-state index in [1.807, 2.05) is 49.4 Å². The van der Waals surface area contributed by atoms with Crippen LogP contribution in [-0.2, 0) is 6.42 Å². The Morgan fingerprint density at radius 1 is 1.04 bits per heavy atom. The van der Waals surface area contributed by atoms with E-state index in [0.29, 0.717) is 23.7 Å². The van der Waals surface area contributed by atoms with Crippen molar-refractivity contribution in [2.75, 3.05) is 11.1 Å². The molecule has 0 spiro atoms. The second-order valence-electron chi connectivity index (χ2n) is 5.95. The van der Waals surface area contributed by atoms with Crippen LogP contribution < -0.4 is 11.1 Å². The summed E-state index contributed by atoms with van der Waals surface area (Å²) in [5, 5.41) is 11.2. The van der Waals surface area contributed by atoms with Crippen molar-refractivity contribution in [3.63, 3.8) is 0 Å². The van der Waals surface area contributed by atoms with Crippen LogP contribution in [0.3, 0.4) is 0 Å². The van der Waals surface area contributed by atoms with Crippen molar-refractivity contribution in [3.05, 3.63) is 71.7 Å². The molecule has 0 amide bonds. The molecule has 0 aliphatic carbocycles. The lowest BCUT2D eigenvalue weighted by Crippen LogP contribution is -2.04. The van der Waals surface area contributed by atoms with Crippen molar-refractivity contribution in [1.29, 1.82) is 0 Å². The van der Waals surface area contributed by atoms with Gasteiger partial charge in [-0.2, -0.15) is 5.10 Å². The summed E-state index contributed by atoms with van der Waals surface area (Å²) >= 11 is 0. The van der Waals surface area contributed by atoms with Gasteiger partial charge < -0.3 is 11.1 Å². The van der Waals surface area contributed by atoms with Crippen molar-refractivity contribution in [2.45, 2.75) is 13.3 Å². The fourth-order valence-electron chi connectivity index (χ4n) is 2.81. The Morgan fingerprint density at radius 3 is 2.64 bits per heavy atom. The number of aromatic nitrogens is 4. The molecule has 124 valence electrons. The van der Waals surface area contributed by atoms with Gasteiger partial charge in [0.1, 0.15) is 11.6 Å². The van der Waals surface area contributed by atoms with Crippen LogP contribution in [0.4, 0.5) is 17.3 Å². The Hall–Kier alpha value is -3.41. The Morgan fingerprint density at radius 2 is 1.88 bits per heavy atom. The van der Waals surface area contributed by atoms with Gasteiger partial charge in [-0.1, -0.05) is 36.4 Å². The Bertz CT molecular complexity index is 1020. The molecule has 0 saturated carbocycles. The van der Waals surface area contributed by atoms with Gasteiger partial charge in [-0.3, -0.25) is 5.10 Å². The van der Waals surface area contributed by atoms with Crippen molar-refractivity contribution in [3.8, 4) is 0 Å². The predicted octanol–water partition coefficient (Wildman–Crippen LogP) is 3.58. The third kappa shape index (κ3) is 3.14. The SMILES string of the molecule is Cc1cc(Nc2nc(Cc3ccccc3)nc3cccc(N)c23)n[nH]1. The molecule has 6 nitrogen and oxygen atoms in total. The van der Waals surface area contributed by atoms with Gasteiger partial charge in [-0.25, -0.2) is 9.97 Å². The van der Waals surface area contributed by atoms with E-state index < -0.39 is 0 Å². The quantitative estimate of drug-likeness (QED) is 0.497. The largest absolute Gasteiger partial charge is 0.398 e. The topological polar surface area (TPSA) is 92.5 Å². The number of benzene rings is 2. The minimum Gasteiger partial charge on any atom is -0.398 e. The molecule has 2 heterocycles. The van der Waals surface area contributed by atoms with Gasteiger partial charge in [0.2, 0.25) is 0 Å². The third-order valence-corrected chi connectivity index (χ3v) is 3.96. The second kappa shape index (κ2) is 6.24. The highest BCUT2D eigenvalue weighted by Crippen LogP contribution is 2.28. The summed E-state index contributed by atoms with van der Waals surface area (Å²) in [5.74, 6) is 2.10. The number of anilines is 3. The van der Waals surface area contributed by atoms with Gasteiger partial charge >= 0.3 is 0 Å². The average molecular weight is 330 g/mol. The number of rotatable bonds is 4. The summed E-state index contributed by atoms with van der Waals surface area (Å²) in [6, 6.07) is 17.8. The molecular formula is C19H18N6. The second-order valence-corrected chi connectivity index (χ2v) is 5.95. The number of nitrogens with one attached hydrogen (secondary N) is 2. The lowest BCUT2D eigenvalue weighted by Gasteiger charge is -2.11. The summed E-state index contributed by atoms with van der Waals surface area (Å²) in [6.07, 6.45) is 0.653. The smallest absolute Gasteiger partial charge is 0.153 e. The van der Waals surface area contributed by atoms with Gasteiger partial charge in [0.25, 0.3) is 0 Å². The van der Waals surface area contributed by atoms with Crippen LogP contribution in [0.15, 0.2) is 54.6 Å². The van der Waals surface area contributed by atoms with Crippen molar-refractivity contribution >= 4 is 28.2 Å². The predicted molar refractivity (Wildman–Crippen MR) is 99.8 cm³/mol. The van der Waals surface area contributed by atoms with E-state index >= 15 is 0 Å². The highest BCUT2D eigenvalue weighted by molar-refractivity contribution is 5.99. The molecule has 25 heavy (non-hydrogen) atoms. The number of nitrogens with two attached hydrogens (primary N) is 1. The standard InChI is InChI=1S/C19H18N6/c1-12-10-17(25-24-12)23-19-18-14(20)8-5-9-15(18)21-16(22-19)11-13-6-3-2-4-7-13/h2-10H,11,20H2,1H3,(H2,21,22,23,24,25). The van der Waals surface area contributed by atoms with Crippen molar-refractivity contribution < 1.29 is 0 Å². The van der Waals surface area contributed by atoms with Crippen molar-refractivity contribution in [2.24, 2.45) is 0 Å². The summed E-state index contributed by atoms with van der Waals surface area (Å²) < 4.78 is 0. The van der Waals surface area contributed by atoms with Crippen LogP contribution in [0.25, 0.3) is 10.9 Å². The van der Waals surface area contributed by atoms with Gasteiger partial charge in [0.05, 0.1) is 10.9 Å². The summed E-state index contributed by atoms with van der Waals surface area (Å²) in [5.41, 5.74) is 9.75.